The number of hydrogen-bond donors (Lipinski definition) is 2. The maximum absolute atomic E-state index is 13.4. The number of aliphatic carboxylic acids is 1. The molecule has 5 rings (SSSR count). The van der Waals surface area contributed by atoms with Crippen molar-refractivity contribution in [3.05, 3.63) is 65.4 Å². The van der Waals surface area contributed by atoms with Crippen LogP contribution in [0.2, 0.25) is 0 Å². The number of aromatic nitrogens is 1. The molecule has 1 fully saturated rings. The third-order valence-corrected chi connectivity index (χ3v) is 7.93. The molecule has 2 aliphatic rings. The highest BCUT2D eigenvalue weighted by Crippen LogP contribution is 2.34. The summed E-state index contributed by atoms with van der Waals surface area (Å²) in [7, 11) is 3.62. The van der Waals surface area contributed by atoms with Gasteiger partial charge in [0, 0.05) is 61.8 Å². The number of ether oxygens (including phenoxy) is 1. The van der Waals surface area contributed by atoms with Crippen molar-refractivity contribution in [3.63, 3.8) is 0 Å². The summed E-state index contributed by atoms with van der Waals surface area (Å²) < 4.78 is 7.43. The third kappa shape index (κ3) is 5.65. The number of nitrogens with zero attached hydrogens (tertiary/aromatic N) is 4. The number of fused-ring (bicyclic) bond motifs is 3. The number of likely N-dealkylation sites (N-methyl/N-ethyl adjacent to an activating group) is 1. The van der Waals surface area contributed by atoms with Crippen LogP contribution < -0.4 is 4.74 Å². The van der Waals surface area contributed by atoms with Gasteiger partial charge in [-0.3, -0.25) is 4.79 Å². The molecular formula is C30H36N4O5. The van der Waals surface area contributed by atoms with Gasteiger partial charge in [0.05, 0.1) is 13.7 Å². The number of methoxy groups -OCH3 is 1. The van der Waals surface area contributed by atoms with Gasteiger partial charge in [-0.05, 0) is 55.4 Å². The Morgan fingerprint density at radius 3 is 2.59 bits per heavy atom. The molecule has 1 atom stereocenters. The van der Waals surface area contributed by atoms with E-state index in [0.717, 1.165) is 67.8 Å². The molecule has 0 spiro atoms. The van der Waals surface area contributed by atoms with Gasteiger partial charge >= 0.3 is 5.97 Å². The maximum Gasteiger partial charge on any atom is 0.326 e. The zero-order chi connectivity index (χ0) is 27.5. The third-order valence-electron chi connectivity index (χ3n) is 7.93. The van der Waals surface area contributed by atoms with Gasteiger partial charge < -0.3 is 34.2 Å². The summed E-state index contributed by atoms with van der Waals surface area (Å²) in [5.74, 6) is -1.07. The van der Waals surface area contributed by atoms with Gasteiger partial charge in [-0.15, -0.1) is 0 Å². The van der Waals surface area contributed by atoms with E-state index in [4.69, 9.17) is 4.74 Å². The van der Waals surface area contributed by atoms with Crippen LogP contribution in [-0.2, 0) is 29.1 Å². The number of rotatable bonds is 8. The molecule has 9 heteroatoms. The van der Waals surface area contributed by atoms with Crippen molar-refractivity contribution in [2.45, 2.75) is 32.0 Å². The Kier molecular flexibility index (Phi) is 7.90. The van der Waals surface area contributed by atoms with Crippen LogP contribution in [0.3, 0.4) is 0 Å². The summed E-state index contributed by atoms with van der Waals surface area (Å²) in [5, 5.41) is 21.0. The van der Waals surface area contributed by atoms with Crippen LogP contribution in [0.15, 0.2) is 48.5 Å². The number of aryl methyl sites for hydroxylation is 1. The number of aromatic hydroxyl groups is 1. The number of benzene rings is 2. The average molecular weight is 533 g/mol. The molecule has 0 aliphatic carbocycles. The molecule has 1 aromatic heterocycles. The molecule has 2 aliphatic heterocycles. The lowest BCUT2D eigenvalue weighted by Crippen LogP contribution is -2.48. The molecule has 39 heavy (non-hydrogen) atoms. The summed E-state index contributed by atoms with van der Waals surface area (Å²) in [6.07, 6.45) is 4.26. The van der Waals surface area contributed by atoms with E-state index in [1.165, 1.54) is 24.2 Å². The normalized spacial score (nSPS) is 18.5. The van der Waals surface area contributed by atoms with E-state index >= 15 is 0 Å². The largest absolute Gasteiger partial charge is 0.504 e. The molecule has 0 radical (unpaired) electrons. The molecule has 3 aromatic rings. The lowest BCUT2D eigenvalue weighted by molar-refractivity contribution is -0.149. The minimum absolute atomic E-state index is 0.0101. The van der Waals surface area contributed by atoms with Gasteiger partial charge in [-0.1, -0.05) is 24.3 Å². The van der Waals surface area contributed by atoms with Crippen LogP contribution in [0.5, 0.6) is 11.5 Å². The molecule has 0 unspecified atom stereocenters. The first kappa shape index (κ1) is 26.8. The molecule has 0 saturated carbocycles. The Hall–Kier alpha value is -3.82. The number of piperazine rings is 1. The lowest BCUT2D eigenvalue weighted by Gasteiger charge is -2.34. The second-order valence-electron chi connectivity index (χ2n) is 10.4. The highest BCUT2D eigenvalue weighted by molar-refractivity contribution is 5.96. The molecule has 3 heterocycles. The fourth-order valence-corrected chi connectivity index (χ4v) is 5.70. The van der Waals surface area contributed by atoms with Crippen molar-refractivity contribution in [1.29, 1.82) is 0 Å². The van der Waals surface area contributed by atoms with Crippen LogP contribution in [0, 0.1) is 0 Å². The minimum atomic E-state index is -1.01. The number of carboxylic acids is 1. The number of carbonyl (C=O) groups is 2. The molecule has 2 aromatic carbocycles. The van der Waals surface area contributed by atoms with E-state index in [9.17, 15) is 19.8 Å². The molecule has 206 valence electrons. The minimum Gasteiger partial charge on any atom is -0.504 e. The van der Waals surface area contributed by atoms with E-state index in [1.54, 1.807) is 18.2 Å². The van der Waals surface area contributed by atoms with Gasteiger partial charge in [0.2, 0.25) is 5.91 Å². The first-order chi connectivity index (χ1) is 18.9. The molecular weight excluding hydrogens is 496 g/mol. The van der Waals surface area contributed by atoms with Crippen LogP contribution in [0.25, 0.3) is 17.0 Å². The maximum atomic E-state index is 13.4. The van der Waals surface area contributed by atoms with Crippen molar-refractivity contribution in [1.82, 2.24) is 19.3 Å². The summed E-state index contributed by atoms with van der Waals surface area (Å²) in [6, 6.07) is 12.0. The van der Waals surface area contributed by atoms with Gasteiger partial charge in [-0.25, -0.2) is 4.79 Å². The lowest BCUT2D eigenvalue weighted by atomic mass is 9.96. The summed E-state index contributed by atoms with van der Waals surface area (Å²) >= 11 is 0. The Bertz CT molecular complexity index is 1390. The van der Waals surface area contributed by atoms with Crippen LogP contribution in [-0.4, -0.2) is 94.3 Å². The fourth-order valence-electron chi connectivity index (χ4n) is 5.70. The van der Waals surface area contributed by atoms with Crippen LogP contribution >= 0.6 is 0 Å². The molecule has 2 N–H and O–H groups in total. The zero-order valence-corrected chi connectivity index (χ0v) is 22.5. The van der Waals surface area contributed by atoms with E-state index in [2.05, 4.69) is 33.5 Å². The summed E-state index contributed by atoms with van der Waals surface area (Å²) in [6.45, 7) is 6.36. The fraction of sp³-hybridized carbons (Fsp3) is 0.400. The van der Waals surface area contributed by atoms with E-state index in [1.807, 2.05) is 12.1 Å². The Morgan fingerprint density at radius 1 is 1.08 bits per heavy atom. The number of carbonyl (C=O) groups excluding carboxylic acids is 1. The van der Waals surface area contributed by atoms with Crippen molar-refractivity contribution in [2.24, 2.45) is 0 Å². The van der Waals surface area contributed by atoms with E-state index in [-0.39, 0.29) is 24.6 Å². The summed E-state index contributed by atoms with van der Waals surface area (Å²) in [4.78, 5) is 32.0. The highest BCUT2D eigenvalue weighted by Gasteiger charge is 2.36. The van der Waals surface area contributed by atoms with Crippen molar-refractivity contribution in [3.8, 4) is 11.5 Å². The van der Waals surface area contributed by atoms with Gasteiger partial charge in [0.1, 0.15) is 6.04 Å². The average Bonchev–Trinajstić information content (AvgIpc) is 3.25. The standard InChI is InChI=1S/C30H36N4O5/c1-31-14-16-32(17-15-31)12-5-13-33-24-7-4-3-6-22(24)23-19-25(30(37)38)34(20-26(23)33)29(36)11-9-21-8-10-27(35)28(18-21)39-2/h3-4,6-11,18,25,35H,5,12-17,19-20H2,1-2H3,(H,37,38)/b11-9+/t25-/m0/s1. The van der Waals surface area contributed by atoms with Crippen molar-refractivity contribution >= 4 is 28.9 Å². The molecule has 1 saturated heterocycles. The first-order valence-corrected chi connectivity index (χ1v) is 13.4. The summed E-state index contributed by atoms with van der Waals surface area (Å²) in [5.41, 5.74) is 3.79. The Morgan fingerprint density at radius 2 is 1.85 bits per heavy atom. The quantitative estimate of drug-likeness (QED) is 0.431. The van der Waals surface area contributed by atoms with Gasteiger partial charge in [0.25, 0.3) is 0 Å². The first-order valence-electron chi connectivity index (χ1n) is 13.4. The molecule has 9 nitrogen and oxygen atoms in total. The topological polar surface area (TPSA) is 98.5 Å². The predicted octanol–water partition coefficient (Wildman–Crippen LogP) is 3.04. The van der Waals surface area contributed by atoms with Crippen molar-refractivity contribution in [2.75, 3.05) is 46.9 Å². The second kappa shape index (κ2) is 11.5. The molecule has 0 bridgehead atoms. The van der Waals surface area contributed by atoms with Crippen LogP contribution in [0.1, 0.15) is 23.2 Å². The number of para-hydroxylation sites is 1. The number of carboxylic acid groups (broad SMARTS) is 1. The second-order valence-corrected chi connectivity index (χ2v) is 10.4. The number of amides is 1. The number of hydrogen-bond acceptors (Lipinski definition) is 6. The Labute approximate surface area is 228 Å². The SMILES string of the molecule is COc1cc(/C=C/C(=O)N2Cc3c(c4ccccc4n3CCCN3CCN(C)CC3)C[C@H]2C(=O)O)ccc1O. The Balaban J connectivity index is 1.39. The number of phenols is 1. The predicted molar refractivity (Wildman–Crippen MR) is 150 cm³/mol. The zero-order valence-electron chi connectivity index (χ0n) is 22.5. The monoisotopic (exact) mass is 532 g/mol. The van der Waals surface area contributed by atoms with Gasteiger partial charge in [0.15, 0.2) is 11.5 Å². The van der Waals surface area contributed by atoms with Crippen molar-refractivity contribution < 1.29 is 24.5 Å². The van der Waals surface area contributed by atoms with Gasteiger partial charge in [-0.2, -0.15) is 0 Å². The molecule has 1 amide bonds. The van der Waals surface area contributed by atoms with Crippen LogP contribution in [0.4, 0.5) is 0 Å². The van der Waals surface area contributed by atoms with E-state index in [0.29, 0.717) is 11.3 Å². The number of phenolic OH excluding ortho intramolecular Hbond substituents is 1. The highest BCUT2D eigenvalue weighted by atomic mass is 16.5. The smallest absolute Gasteiger partial charge is 0.326 e. The van der Waals surface area contributed by atoms with E-state index < -0.39 is 12.0 Å².